The first-order valence-corrected chi connectivity index (χ1v) is 6.39. The summed E-state index contributed by atoms with van der Waals surface area (Å²) in [5.74, 6) is -0.405. The number of aromatic carboxylic acids is 1. The number of nitrogens with one attached hydrogen (secondary N) is 2. The first kappa shape index (κ1) is 14.6. The number of amides is 2. The average molecular weight is 292 g/mol. The van der Waals surface area contributed by atoms with Crippen LogP contribution in [-0.2, 0) is 6.54 Å². The molecule has 2 rings (SSSR count). The monoisotopic (exact) mass is 292 g/mol. The molecule has 2 amide bonds. The van der Waals surface area contributed by atoms with E-state index in [0.29, 0.717) is 18.8 Å². The van der Waals surface area contributed by atoms with Gasteiger partial charge in [-0.2, -0.15) is 0 Å². The van der Waals surface area contributed by atoms with Gasteiger partial charge in [-0.3, -0.25) is 0 Å². The molecule has 0 saturated carbocycles. The summed E-state index contributed by atoms with van der Waals surface area (Å²) in [6.45, 7) is 2.60. The van der Waals surface area contributed by atoms with Crippen molar-refractivity contribution in [2.75, 3.05) is 6.54 Å². The van der Waals surface area contributed by atoms with Gasteiger partial charge in [0.05, 0.1) is 18.6 Å². The molecule has 2 heterocycles. The molecular formula is C13H16N4O4. The topological polar surface area (TPSA) is 109 Å². The Balaban J connectivity index is 1.72. The largest absolute Gasteiger partial charge is 0.476 e. The predicted molar refractivity (Wildman–Crippen MR) is 72.8 cm³/mol. The molecule has 0 saturated heterocycles. The molecule has 2 aromatic rings. The number of rotatable bonds is 6. The van der Waals surface area contributed by atoms with Crippen molar-refractivity contribution >= 4 is 12.0 Å². The number of carboxylic acid groups (broad SMARTS) is 1. The van der Waals surface area contributed by atoms with Gasteiger partial charge in [-0.25, -0.2) is 14.6 Å². The van der Waals surface area contributed by atoms with Crippen molar-refractivity contribution < 1.29 is 19.1 Å². The summed E-state index contributed by atoms with van der Waals surface area (Å²) < 4.78 is 6.78. The molecule has 0 aromatic carbocycles. The fourth-order valence-electron chi connectivity index (χ4n) is 1.75. The molecule has 0 spiro atoms. The maximum atomic E-state index is 11.7. The van der Waals surface area contributed by atoms with Gasteiger partial charge < -0.3 is 24.7 Å². The van der Waals surface area contributed by atoms with Crippen LogP contribution in [0.2, 0.25) is 0 Å². The second-order valence-corrected chi connectivity index (χ2v) is 4.44. The Kier molecular flexibility index (Phi) is 4.60. The van der Waals surface area contributed by atoms with Gasteiger partial charge in [0.2, 0.25) is 0 Å². The summed E-state index contributed by atoms with van der Waals surface area (Å²) in [6, 6.07) is 2.98. The Labute approximate surface area is 120 Å². The Morgan fingerprint density at radius 1 is 1.52 bits per heavy atom. The lowest BCUT2D eigenvalue weighted by atomic mass is 10.2. The number of hydrogen-bond donors (Lipinski definition) is 3. The first-order chi connectivity index (χ1) is 10.1. The lowest BCUT2D eigenvalue weighted by Gasteiger charge is -2.12. The Hall–Kier alpha value is -2.77. The maximum absolute atomic E-state index is 11.7. The molecule has 112 valence electrons. The summed E-state index contributed by atoms with van der Waals surface area (Å²) in [5, 5.41) is 14.1. The predicted octanol–water partition coefficient (Wildman–Crippen LogP) is 1.23. The van der Waals surface area contributed by atoms with E-state index in [0.717, 1.165) is 0 Å². The molecule has 0 bridgehead atoms. The number of carboxylic acids is 1. The minimum absolute atomic E-state index is 0.0223. The number of hydrogen-bond acceptors (Lipinski definition) is 4. The number of aromatic nitrogens is 2. The van der Waals surface area contributed by atoms with E-state index in [2.05, 4.69) is 15.6 Å². The number of nitrogens with zero attached hydrogens (tertiary/aromatic N) is 2. The molecule has 8 nitrogen and oxygen atoms in total. The quantitative estimate of drug-likeness (QED) is 0.742. The van der Waals surface area contributed by atoms with Crippen LogP contribution in [0.4, 0.5) is 4.79 Å². The highest BCUT2D eigenvalue weighted by atomic mass is 16.4. The molecule has 1 atom stereocenters. The first-order valence-electron chi connectivity index (χ1n) is 6.39. The molecule has 0 fully saturated rings. The van der Waals surface area contributed by atoms with Crippen molar-refractivity contribution in [2.24, 2.45) is 0 Å². The number of furan rings is 1. The lowest BCUT2D eigenvalue weighted by molar-refractivity contribution is 0.0691. The van der Waals surface area contributed by atoms with Crippen LogP contribution in [0.15, 0.2) is 35.3 Å². The summed E-state index contributed by atoms with van der Waals surface area (Å²) in [4.78, 5) is 26.1. The van der Waals surface area contributed by atoms with E-state index in [4.69, 9.17) is 9.52 Å². The van der Waals surface area contributed by atoms with E-state index < -0.39 is 5.97 Å². The highest BCUT2D eigenvalue weighted by Crippen LogP contribution is 2.11. The van der Waals surface area contributed by atoms with Gasteiger partial charge in [-0.1, -0.05) is 0 Å². The molecule has 0 radical (unpaired) electrons. The molecule has 3 N–H and O–H groups in total. The normalized spacial score (nSPS) is 11.9. The highest BCUT2D eigenvalue weighted by molar-refractivity contribution is 5.84. The van der Waals surface area contributed by atoms with Crippen LogP contribution < -0.4 is 10.6 Å². The number of carbonyl (C=O) groups is 2. The number of imidazole rings is 1. The third kappa shape index (κ3) is 4.10. The standard InChI is InChI=1S/C13H16N4O4/c1-9(11-3-2-6-21-11)16-13(20)14-4-5-17-7-10(12(18)19)15-8-17/h2-3,6-9H,4-5H2,1H3,(H,18,19)(H2,14,16,20). The third-order valence-corrected chi connectivity index (χ3v) is 2.83. The second kappa shape index (κ2) is 6.60. The van der Waals surface area contributed by atoms with Crippen molar-refractivity contribution in [1.82, 2.24) is 20.2 Å². The average Bonchev–Trinajstić information content (AvgIpc) is 3.10. The SMILES string of the molecule is CC(NC(=O)NCCn1cnc(C(=O)O)c1)c1ccco1. The molecule has 2 aromatic heterocycles. The fraction of sp³-hybridized carbons (Fsp3) is 0.308. The van der Waals surface area contributed by atoms with Gasteiger partial charge in [0, 0.05) is 19.3 Å². The van der Waals surface area contributed by atoms with E-state index in [1.165, 1.54) is 12.5 Å². The van der Waals surface area contributed by atoms with Crippen LogP contribution in [0.3, 0.4) is 0 Å². The van der Waals surface area contributed by atoms with Crippen molar-refractivity contribution in [3.63, 3.8) is 0 Å². The van der Waals surface area contributed by atoms with Crippen molar-refractivity contribution in [2.45, 2.75) is 19.5 Å². The van der Waals surface area contributed by atoms with E-state index in [9.17, 15) is 9.59 Å². The zero-order valence-corrected chi connectivity index (χ0v) is 11.4. The Morgan fingerprint density at radius 3 is 2.95 bits per heavy atom. The van der Waals surface area contributed by atoms with Gasteiger partial charge in [-0.15, -0.1) is 0 Å². The number of carbonyl (C=O) groups excluding carboxylic acids is 1. The van der Waals surface area contributed by atoms with E-state index >= 15 is 0 Å². The molecule has 21 heavy (non-hydrogen) atoms. The zero-order chi connectivity index (χ0) is 15.2. The Bertz CT molecular complexity index is 605. The van der Waals surface area contributed by atoms with Crippen LogP contribution >= 0.6 is 0 Å². The summed E-state index contributed by atoms with van der Waals surface area (Å²) in [7, 11) is 0. The van der Waals surface area contributed by atoms with Crippen molar-refractivity contribution in [1.29, 1.82) is 0 Å². The smallest absolute Gasteiger partial charge is 0.356 e. The molecule has 0 aliphatic heterocycles. The van der Waals surface area contributed by atoms with Gasteiger partial charge in [0.25, 0.3) is 0 Å². The maximum Gasteiger partial charge on any atom is 0.356 e. The minimum atomic E-state index is -1.08. The highest BCUT2D eigenvalue weighted by Gasteiger charge is 2.11. The van der Waals surface area contributed by atoms with E-state index in [1.54, 1.807) is 23.0 Å². The van der Waals surface area contributed by atoms with Crippen molar-refractivity contribution in [3.05, 3.63) is 42.4 Å². The lowest BCUT2D eigenvalue weighted by Crippen LogP contribution is -2.38. The third-order valence-electron chi connectivity index (χ3n) is 2.83. The second-order valence-electron chi connectivity index (χ2n) is 4.44. The molecule has 8 heteroatoms. The molecule has 0 aliphatic carbocycles. The van der Waals surface area contributed by atoms with E-state index in [1.807, 2.05) is 6.92 Å². The van der Waals surface area contributed by atoms with Crippen LogP contribution in [0, 0.1) is 0 Å². The van der Waals surface area contributed by atoms with Crippen LogP contribution in [0.1, 0.15) is 29.2 Å². The van der Waals surface area contributed by atoms with Crippen LogP contribution in [0.25, 0.3) is 0 Å². The molecular weight excluding hydrogens is 276 g/mol. The molecule has 0 aliphatic rings. The molecule has 1 unspecified atom stereocenters. The van der Waals surface area contributed by atoms with E-state index in [-0.39, 0.29) is 17.8 Å². The fourth-order valence-corrected chi connectivity index (χ4v) is 1.75. The van der Waals surface area contributed by atoms with Gasteiger partial charge in [-0.05, 0) is 19.1 Å². The van der Waals surface area contributed by atoms with Gasteiger partial charge in [0.1, 0.15) is 5.76 Å². The van der Waals surface area contributed by atoms with Gasteiger partial charge >= 0.3 is 12.0 Å². The summed E-state index contributed by atoms with van der Waals surface area (Å²) >= 11 is 0. The van der Waals surface area contributed by atoms with Crippen LogP contribution in [-0.4, -0.2) is 33.2 Å². The van der Waals surface area contributed by atoms with Crippen molar-refractivity contribution in [3.8, 4) is 0 Å². The number of urea groups is 1. The summed E-state index contributed by atoms with van der Waals surface area (Å²) in [6.07, 6.45) is 4.37. The minimum Gasteiger partial charge on any atom is -0.476 e. The van der Waals surface area contributed by atoms with Gasteiger partial charge in [0.15, 0.2) is 5.69 Å². The zero-order valence-electron chi connectivity index (χ0n) is 11.4. The summed E-state index contributed by atoms with van der Waals surface area (Å²) in [5.41, 5.74) is -0.0223. The Morgan fingerprint density at radius 2 is 2.33 bits per heavy atom. The van der Waals surface area contributed by atoms with Crippen LogP contribution in [0.5, 0.6) is 0 Å².